The van der Waals surface area contributed by atoms with Gasteiger partial charge in [-0.3, -0.25) is 9.20 Å². The summed E-state index contributed by atoms with van der Waals surface area (Å²) in [4.78, 5) is 23.3. The molecular formula is C20H19N3O4S2. The van der Waals surface area contributed by atoms with Crippen LogP contribution < -0.4 is 14.2 Å². The van der Waals surface area contributed by atoms with Crippen LogP contribution in [0.1, 0.15) is 22.3 Å². The first kappa shape index (κ1) is 19.4. The lowest BCUT2D eigenvalue weighted by molar-refractivity contribution is 0.102. The first-order valence-corrected chi connectivity index (χ1v) is 10.4. The smallest absolute Gasteiger partial charge is 0.194 e. The number of rotatable bonds is 6. The standard InChI is InChI=1S/C20H19N3O4S2/c1-10-17(23-6-7-28-20(23)21-10)19-22-16(18(29-19)11(2)24)12-8-14(26-4)15(27-5)9-13(12)25-3/h6-9H,1-5H3. The zero-order valence-corrected chi connectivity index (χ0v) is 18.2. The van der Waals surface area contributed by atoms with Gasteiger partial charge in [0.15, 0.2) is 22.2 Å². The second kappa shape index (κ2) is 7.49. The summed E-state index contributed by atoms with van der Waals surface area (Å²) < 4.78 is 18.4. The van der Waals surface area contributed by atoms with Crippen molar-refractivity contribution in [3.8, 4) is 39.2 Å². The summed E-state index contributed by atoms with van der Waals surface area (Å²) >= 11 is 2.91. The Morgan fingerprint density at radius 1 is 1.03 bits per heavy atom. The summed E-state index contributed by atoms with van der Waals surface area (Å²) in [5, 5.41) is 2.70. The quantitative estimate of drug-likeness (QED) is 0.413. The summed E-state index contributed by atoms with van der Waals surface area (Å²) in [6.07, 6.45) is 1.96. The van der Waals surface area contributed by atoms with E-state index in [1.54, 1.807) is 44.8 Å². The molecule has 0 saturated carbocycles. The number of Topliss-reactive ketones (excluding diaryl/α,β-unsaturated/α-hetero) is 1. The second-order valence-electron chi connectivity index (χ2n) is 6.26. The number of carbonyl (C=O) groups excluding carboxylic acids is 1. The summed E-state index contributed by atoms with van der Waals surface area (Å²) in [6.45, 7) is 3.48. The molecule has 0 amide bonds. The molecule has 3 aromatic heterocycles. The maximum atomic E-state index is 12.5. The van der Waals surface area contributed by atoms with Crippen molar-refractivity contribution in [1.82, 2.24) is 14.4 Å². The lowest BCUT2D eigenvalue weighted by Gasteiger charge is -2.13. The van der Waals surface area contributed by atoms with Gasteiger partial charge >= 0.3 is 0 Å². The van der Waals surface area contributed by atoms with Crippen molar-refractivity contribution in [2.24, 2.45) is 0 Å². The highest BCUT2D eigenvalue weighted by atomic mass is 32.1. The molecule has 0 atom stereocenters. The maximum Gasteiger partial charge on any atom is 0.194 e. The molecule has 150 valence electrons. The third-order valence-corrected chi connectivity index (χ3v) is 6.47. The van der Waals surface area contributed by atoms with Gasteiger partial charge in [0.05, 0.1) is 37.6 Å². The number of benzene rings is 1. The van der Waals surface area contributed by atoms with Crippen molar-refractivity contribution in [2.45, 2.75) is 13.8 Å². The fraction of sp³-hybridized carbons (Fsp3) is 0.250. The molecule has 3 heterocycles. The molecule has 7 nitrogen and oxygen atoms in total. The van der Waals surface area contributed by atoms with Crippen LogP contribution in [-0.4, -0.2) is 41.5 Å². The molecule has 0 unspecified atom stereocenters. The third kappa shape index (κ3) is 3.16. The number of nitrogens with zero attached hydrogens (tertiary/aromatic N) is 3. The van der Waals surface area contributed by atoms with Gasteiger partial charge in [0, 0.05) is 30.1 Å². The Morgan fingerprint density at radius 2 is 1.72 bits per heavy atom. The molecule has 0 spiro atoms. The van der Waals surface area contributed by atoms with Crippen LogP contribution in [0.25, 0.3) is 26.9 Å². The van der Waals surface area contributed by atoms with Crippen molar-refractivity contribution in [3.63, 3.8) is 0 Å². The highest BCUT2D eigenvalue weighted by molar-refractivity contribution is 7.17. The van der Waals surface area contributed by atoms with Gasteiger partial charge in [-0.05, 0) is 13.0 Å². The Bertz CT molecular complexity index is 1220. The summed E-state index contributed by atoms with van der Waals surface area (Å²) in [6, 6.07) is 3.52. The number of ketones is 1. The zero-order valence-electron chi connectivity index (χ0n) is 16.6. The number of fused-ring (bicyclic) bond motifs is 1. The van der Waals surface area contributed by atoms with Crippen LogP contribution in [0.5, 0.6) is 17.2 Å². The molecule has 0 radical (unpaired) electrons. The zero-order chi connectivity index (χ0) is 20.7. The Kier molecular flexibility index (Phi) is 5.01. The van der Waals surface area contributed by atoms with Crippen molar-refractivity contribution < 1.29 is 19.0 Å². The number of hydrogen-bond acceptors (Lipinski definition) is 8. The van der Waals surface area contributed by atoms with Gasteiger partial charge in [0.25, 0.3) is 0 Å². The predicted molar refractivity (Wildman–Crippen MR) is 114 cm³/mol. The largest absolute Gasteiger partial charge is 0.496 e. The predicted octanol–water partition coefficient (Wildman–Crippen LogP) is 4.72. The van der Waals surface area contributed by atoms with E-state index in [0.717, 1.165) is 21.4 Å². The van der Waals surface area contributed by atoms with Crippen LogP contribution in [0.4, 0.5) is 0 Å². The van der Waals surface area contributed by atoms with Gasteiger partial charge in [-0.25, -0.2) is 9.97 Å². The molecule has 4 aromatic rings. The minimum Gasteiger partial charge on any atom is -0.496 e. The molecule has 29 heavy (non-hydrogen) atoms. The first-order valence-electron chi connectivity index (χ1n) is 8.73. The monoisotopic (exact) mass is 429 g/mol. The first-order chi connectivity index (χ1) is 14.0. The number of methoxy groups -OCH3 is 3. The minimum atomic E-state index is -0.0654. The maximum absolute atomic E-state index is 12.5. The van der Waals surface area contributed by atoms with Crippen molar-refractivity contribution in [3.05, 3.63) is 34.3 Å². The molecule has 0 aliphatic carbocycles. The number of thiazole rings is 2. The van der Waals surface area contributed by atoms with Gasteiger partial charge in [-0.15, -0.1) is 22.7 Å². The van der Waals surface area contributed by atoms with Gasteiger partial charge < -0.3 is 14.2 Å². The van der Waals surface area contributed by atoms with Gasteiger partial charge in [0.2, 0.25) is 0 Å². The average Bonchev–Trinajstić information content (AvgIpc) is 3.41. The van der Waals surface area contributed by atoms with E-state index in [9.17, 15) is 4.79 Å². The molecule has 0 N–H and O–H groups in total. The van der Waals surface area contributed by atoms with E-state index < -0.39 is 0 Å². The Balaban J connectivity index is 1.97. The Morgan fingerprint density at radius 3 is 2.38 bits per heavy atom. The number of ether oxygens (including phenoxy) is 3. The molecule has 1 aromatic carbocycles. The fourth-order valence-electron chi connectivity index (χ4n) is 3.21. The second-order valence-corrected chi connectivity index (χ2v) is 8.13. The van der Waals surface area contributed by atoms with Crippen LogP contribution in [0, 0.1) is 6.92 Å². The molecule has 0 bridgehead atoms. The fourth-order valence-corrected chi connectivity index (χ4v) is 5.04. The normalized spacial score (nSPS) is 11.1. The van der Waals surface area contributed by atoms with E-state index in [2.05, 4.69) is 4.98 Å². The lowest BCUT2D eigenvalue weighted by atomic mass is 10.1. The van der Waals surface area contributed by atoms with Crippen LogP contribution in [0.3, 0.4) is 0 Å². The Labute approximate surface area is 175 Å². The van der Waals surface area contributed by atoms with Crippen LogP contribution in [-0.2, 0) is 0 Å². The molecule has 0 aliphatic rings. The van der Waals surface area contributed by atoms with E-state index >= 15 is 0 Å². The molecule has 4 rings (SSSR count). The topological polar surface area (TPSA) is 75.0 Å². The summed E-state index contributed by atoms with van der Waals surface area (Å²) in [5.41, 5.74) is 2.98. The average molecular weight is 430 g/mol. The van der Waals surface area contributed by atoms with E-state index in [1.165, 1.54) is 18.3 Å². The van der Waals surface area contributed by atoms with Crippen molar-refractivity contribution in [1.29, 1.82) is 0 Å². The van der Waals surface area contributed by atoms with E-state index in [4.69, 9.17) is 19.2 Å². The minimum absolute atomic E-state index is 0.0654. The highest BCUT2D eigenvalue weighted by Crippen LogP contribution is 2.44. The molecular weight excluding hydrogens is 410 g/mol. The van der Waals surface area contributed by atoms with E-state index in [1.807, 2.05) is 22.9 Å². The van der Waals surface area contributed by atoms with Crippen LogP contribution in [0.15, 0.2) is 23.7 Å². The van der Waals surface area contributed by atoms with Gasteiger partial charge in [-0.1, -0.05) is 0 Å². The van der Waals surface area contributed by atoms with Gasteiger partial charge in [-0.2, -0.15) is 0 Å². The van der Waals surface area contributed by atoms with E-state index in [0.29, 0.717) is 33.4 Å². The summed E-state index contributed by atoms with van der Waals surface area (Å²) in [5.74, 6) is 1.56. The Hall–Kier alpha value is -2.91. The lowest BCUT2D eigenvalue weighted by Crippen LogP contribution is -1.98. The highest BCUT2D eigenvalue weighted by Gasteiger charge is 2.25. The van der Waals surface area contributed by atoms with E-state index in [-0.39, 0.29) is 5.78 Å². The van der Waals surface area contributed by atoms with Crippen molar-refractivity contribution >= 4 is 33.4 Å². The summed E-state index contributed by atoms with van der Waals surface area (Å²) in [7, 11) is 4.70. The SMILES string of the molecule is COc1cc(OC)c(-c2nc(-c3c(C)nc4sccn34)sc2C(C)=O)cc1OC. The molecule has 9 heteroatoms. The molecule has 0 aliphatic heterocycles. The van der Waals surface area contributed by atoms with Gasteiger partial charge in [0.1, 0.15) is 16.5 Å². The number of imidazole rings is 1. The number of hydrogen-bond donors (Lipinski definition) is 0. The van der Waals surface area contributed by atoms with Crippen molar-refractivity contribution in [2.75, 3.05) is 21.3 Å². The third-order valence-electron chi connectivity index (χ3n) is 4.55. The molecule has 0 fully saturated rings. The number of carbonyl (C=O) groups is 1. The number of aryl methyl sites for hydroxylation is 1. The molecule has 0 saturated heterocycles. The number of aromatic nitrogens is 3. The van der Waals surface area contributed by atoms with Crippen LogP contribution in [0.2, 0.25) is 0 Å². The van der Waals surface area contributed by atoms with Crippen LogP contribution >= 0.6 is 22.7 Å².